The van der Waals surface area contributed by atoms with Crippen molar-refractivity contribution in [1.29, 1.82) is 0 Å². The summed E-state index contributed by atoms with van der Waals surface area (Å²) < 4.78 is 0. The molecule has 0 unspecified atom stereocenters. The van der Waals surface area contributed by atoms with Gasteiger partial charge in [0.2, 0.25) is 0 Å². The second kappa shape index (κ2) is 13.5. The smallest absolute Gasteiger partial charge is 0.0548 e. The fourth-order valence-electron chi connectivity index (χ4n) is 11.0. The standard InChI is InChI=1S/C60H46N2/c1-59(2)51-29-17-15-25-45(51)47-33-31-41(37-53(47)59)61(39-19-7-5-8-20-39)55-35-36-56(58-50-28-14-12-24-44(50)43-23-11-13-27-49(43)57(55)58)62(40-21-9-6-10-22-40)42-32-34-48-46-26-16-18-30-52(46)60(3,4)54(48)38-42/h5-38H,1-4H3. The molecule has 62 heavy (non-hydrogen) atoms. The minimum absolute atomic E-state index is 0.138. The van der Waals surface area contributed by atoms with Gasteiger partial charge < -0.3 is 9.80 Å². The van der Waals surface area contributed by atoms with E-state index < -0.39 is 0 Å². The topological polar surface area (TPSA) is 6.48 Å². The van der Waals surface area contributed by atoms with E-state index in [-0.39, 0.29) is 10.8 Å². The summed E-state index contributed by atoms with van der Waals surface area (Å²) in [6.45, 7) is 9.48. The maximum atomic E-state index is 2.49. The predicted octanol–water partition coefficient (Wildman–Crippen LogP) is 16.7. The summed E-state index contributed by atoms with van der Waals surface area (Å²) in [5.74, 6) is 0. The first-order chi connectivity index (χ1) is 30.3. The Morgan fingerprint density at radius 3 is 1.03 bits per heavy atom. The largest absolute Gasteiger partial charge is 0.310 e. The summed E-state index contributed by atoms with van der Waals surface area (Å²) in [6, 6.07) is 76.7. The monoisotopic (exact) mass is 794 g/mol. The van der Waals surface area contributed by atoms with Crippen LogP contribution in [0.5, 0.6) is 0 Å². The van der Waals surface area contributed by atoms with Gasteiger partial charge in [-0.3, -0.25) is 0 Å². The van der Waals surface area contributed by atoms with E-state index in [4.69, 9.17) is 0 Å². The third-order valence-corrected chi connectivity index (χ3v) is 14.0. The molecule has 296 valence electrons. The van der Waals surface area contributed by atoms with E-state index in [0.29, 0.717) is 0 Å². The molecular weight excluding hydrogens is 749 g/mol. The molecule has 0 fully saturated rings. The van der Waals surface area contributed by atoms with Crippen LogP contribution in [0.1, 0.15) is 49.9 Å². The molecule has 0 atom stereocenters. The Hall–Kier alpha value is -7.42. The lowest BCUT2D eigenvalue weighted by Gasteiger charge is -2.33. The van der Waals surface area contributed by atoms with Gasteiger partial charge in [0.15, 0.2) is 0 Å². The number of fused-ring (bicyclic) bond motifs is 12. The van der Waals surface area contributed by atoms with Crippen LogP contribution in [0.4, 0.5) is 34.1 Å². The Morgan fingerprint density at radius 1 is 0.274 bits per heavy atom. The zero-order chi connectivity index (χ0) is 41.7. The minimum atomic E-state index is -0.138. The molecule has 2 nitrogen and oxygen atoms in total. The Labute approximate surface area is 364 Å². The average Bonchev–Trinajstić information content (AvgIpc) is 3.69. The van der Waals surface area contributed by atoms with E-state index in [9.17, 15) is 0 Å². The van der Waals surface area contributed by atoms with Crippen LogP contribution in [0, 0.1) is 0 Å². The van der Waals surface area contributed by atoms with Crippen molar-refractivity contribution in [2.24, 2.45) is 0 Å². The number of rotatable bonds is 6. The summed E-state index contributed by atoms with van der Waals surface area (Å²) >= 11 is 0. The van der Waals surface area contributed by atoms with Crippen LogP contribution in [0.3, 0.4) is 0 Å². The number of hydrogen-bond donors (Lipinski definition) is 0. The summed E-state index contributed by atoms with van der Waals surface area (Å²) in [7, 11) is 0. The van der Waals surface area contributed by atoms with Crippen molar-refractivity contribution in [1.82, 2.24) is 0 Å². The van der Waals surface area contributed by atoms with Gasteiger partial charge in [0.05, 0.1) is 11.4 Å². The van der Waals surface area contributed by atoms with Crippen molar-refractivity contribution < 1.29 is 0 Å². The third-order valence-electron chi connectivity index (χ3n) is 14.0. The Kier molecular flexibility index (Phi) is 7.96. The zero-order valence-electron chi connectivity index (χ0n) is 35.5. The lowest BCUT2D eigenvalue weighted by molar-refractivity contribution is 0.660. The maximum Gasteiger partial charge on any atom is 0.0548 e. The van der Waals surface area contributed by atoms with Crippen molar-refractivity contribution in [2.45, 2.75) is 38.5 Å². The Bertz CT molecular complexity index is 3190. The minimum Gasteiger partial charge on any atom is -0.310 e. The fourth-order valence-corrected chi connectivity index (χ4v) is 11.0. The number of benzene rings is 10. The predicted molar refractivity (Wildman–Crippen MR) is 263 cm³/mol. The highest BCUT2D eigenvalue weighted by atomic mass is 15.2. The van der Waals surface area contributed by atoms with Gasteiger partial charge in [0.1, 0.15) is 0 Å². The number of nitrogens with zero attached hydrogens (tertiary/aromatic N) is 2. The zero-order valence-corrected chi connectivity index (χ0v) is 35.5. The molecular formula is C60H46N2. The summed E-state index contributed by atoms with van der Waals surface area (Å²) in [4.78, 5) is 4.99. The highest BCUT2D eigenvalue weighted by Gasteiger charge is 2.37. The third kappa shape index (κ3) is 5.23. The molecule has 0 spiro atoms. The molecule has 10 aromatic carbocycles. The van der Waals surface area contributed by atoms with Crippen molar-refractivity contribution >= 4 is 66.4 Å². The molecule has 0 saturated heterocycles. The SMILES string of the molecule is CC1(C)c2ccccc2-c2ccc(N(c3ccccc3)c3ccc(N(c4ccccc4)c4ccc5c(c4)C(C)(C)c4ccccc4-5)c4c5ccccc5c5ccccc5c34)cc21. The molecule has 12 rings (SSSR count). The molecule has 0 aromatic heterocycles. The molecule has 0 saturated carbocycles. The van der Waals surface area contributed by atoms with Gasteiger partial charge in [0.25, 0.3) is 0 Å². The van der Waals surface area contributed by atoms with Crippen LogP contribution in [-0.2, 0) is 10.8 Å². The van der Waals surface area contributed by atoms with Crippen molar-refractivity contribution in [3.05, 3.63) is 229 Å². The normalized spacial score (nSPS) is 14.1. The van der Waals surface area contributed by atoms with Gasteiger partial charge in [-0.25, -0.2) is 0 Å². The van der Waals surface area contributed by atoms with Crippen molar-refractivity contribution in [3.8, 4) is 22.3 Å². The van der Waals surface area contributed by atoms with Gasteiger partial charge in [-0.05, 0) is 127 Å². The first-order valence-electron chi connectivity index (χ1n) is 21.9. The quantitative estimate of drug-likeness (QED) is 0.155. The van der Waals surface area contributed by atoms with E-state index in [0.717, 1.165) is 34.1 Å². The fraction of sp³-hybridized carbons (Fsp3) is 0.100. The molecule has 2 heteroatoms. The summed E-state index contributed by atoms with van der Waals surface area (Å²) in [5.41, 5.74) is 17.3. The van der Waals surface area contributed by atoms with Gasteiger partial charge in [0, 0.05) is 44.4 Å². The lowest BCUT2D eigenvalue weighted by Crippen LogP contribution is -2.17. The van der Waals surface area contributed by atoms with Gasteiger partial charge >= 0.3 is 0 Å². The number of anilines is 6. The van der Waals surface area contributed by atoms with E-state index >= 15 is 0 Å². The Balaban J connectivity index is 1.17. The molecule has 0 aliphatic heterocycles. The number of hydrogen-bond acceptors (Lipinski definition) is 2. The second-order valence-electron chi connectivity index (χ2n) is 18.1. The van der Waals surface area contributed by atoms with Crippen LogP contribution in [0.25, 0.3) is 54.6 Å². The van der Waals surface area contributed by atoms with E-state index in [2.05, 4.69) is 244 Å². The van der Waals surface area contributed by atoms with Gasteiger partial charge in [-0.15, -0.1) is 0 Å². The van der Waals surface area contributed by atoms with Crippen molar-refractivity contribution in [3.63, 3.8) is 0 Å². The molecule has 10 aromatic rings. The van der Waals surface area contributed by atoms with Crippen LogP contribution >= 0.6 is 0 Å². The summed E-state index contributed by atoms with van der Waals surface area (Å²) in [6.07, 6.45) is 0. The lowest BCUT2D eigenvalue weighted by atomic mass is 9.82. The Morgan fingerprint density at radius 2 is 0.613 bits per heavy atom. The highest BCUT2D eigenvalue weighted by molar-refractivity contribution is 6.32. The molecule has 0 radical (unpaired) electrons. The molecule has 0 amide bonds. The van der Waals surface area contributed by atoms with Crippen LogP contribution in [0.2, 0.25) is 0 Å². The van der Waals surface area contributed by atoms with Gasteiger partial charge in [-0.2, -0.15) is 0 Å². The highest BCUT2D eigenvalue weighted by Crippen LogP contribution is 2.55. The maximum absolute atomic E-state index is 2.49. The second-order valence-corrected chi connectivity index (χ2v) is 18.1. The van der Waals surface area contributed by atoms with Crippen LogP contribution < -0.4 is 9.80 Å². The average molecular weight is 795 g/mol. The van der Waals surface area contributed by atoms with E-state index in [1.807, 2.05) is 0 Å². The summed E-state index contributed by atoms with van der Waals surface area (Å²) in [5, 5.41) is 7.39. The molecule has 0 N–H and O–H groups in total. The van der Waals surface area contributed by atoms with Crippen LogP contribution in [-0.4, -0.2) is 0 Å². The van der Waals surface area contributed by atoms with E-state index in [1.54, 1.807) is 0 Å². The van der Waals surface area contributed by atoms with Crippen molar-refractivity contribution in [2.75, 3.05) is 9.80 Å². The van der Waals surface area contributed by atoms with Crippen LogP contribution in [0.15, 0.2) is 206 Å². The molecule has 2 aliphatic carbocycles. The van der Waals surface area contributed by atoms with Gasteiger partial charge in [-0.1, -0.05) is 173 Å². The first kappa shape index (κ1) is 36.4. The molecule has 0 heterocycles. The molecule has 0 bridgehead atoms. The molecule has 2 aliphatic rings. The first-order valence-corrected chi connectivity index (χ1v) is 21.9. The number of para-hydroxylation sites is 2. The van der Waals surface area contributed by atoms with E-state index in [1.165, 1.54) is 76.8 Å².